The van der Waals surface area contributed by atoms with Crippen LogP contribution in [0.25, 0.3) is 11.5 Å². The molecule has 3 aromatic rings. The molecule has 0 atom stereocenters. The number of ether oxygens (including phenoxy) is 2. The molecule has 0 fully saturated rings. The van der Waals surface area contributed by atoms with Crippen molar-refractivity contribution >= 4 is 17.5 Å². The summed E-state index contributed by atoms with van der Waals surface area (Å²) < 4.78 is 15.7. The summed E-state index contributed by atoms with van der Waals surface area (Å²) in [4.78, 5) is 16.3. The van der Waals surface area contributed by atoms with E-state index in [1.54, 1.807) is 24.3 Å². The highest BCUT2D eigenvalue weighted by Crippen LogP contribution is 2.35. The molecule has 8 heteroatoms. The number of benzene rings is 2. The van der Waals surface area contributed by atoms with E-state index in [0.717, 1.165) is 5.56 Å². The van der Waals surface area contributed by atoms with Crippen molar-refractivity contribution < 1.29 is 18.8 Å². The van der Waals surface area contributed by atoms with Gasteiger partial charge in [-0.05, 0) is 29.8 Å². The number of carbonyl (C=O) groups excluding carboxylic acids is 1. The summed E-state index contributed by atoms with van der Waals surface area (Å²) in [5.41, 5.74) is 1.44. The van der Waals surface area contributed by atoms with E-state index >= 15 is 0 Å². The van der Waals surface area contributed by atoms with Crippen LogP contribution >= 0.6 is 11.6 Å². The van der Waals surface area contributed by atoms with E-state index in [2.05, 4.69) is 15.5 Å². The summed E-state index contributed by atoms with van der Waals surface area (Å²) in [6.07, 6.45) is 0. The van der Waals surface area contributed by atoms with E-state index in [-0.39, 0.29) is 25.1 Å². The van der Waals surface area contributed by atoms with Gasteiger partial charge < -0.3 is 19.3 Å². The van der Waals surface area contributed by atoms with E-state index in [1.807, 2.05) is 18.2 Å². The second kappa shape index (κ2) is 6.45. The summed E-state index contributed by atoms with van der Waals surface area (Å²) in [7, 11) is 0. The number of aromatic nitrogens is 2. The molecule has 1 aliphatic heterocycles. The van der Waals surface area contributed by atoms with Crippen molar-refractivity contribution in [1.82, 2.24) is 15.5 Å². The fourth-order valence-electron chi connectivity index (χ4n) is 2.36. The lowest BCUT2D eigenvalue weighted by atomic mass is 10.2. The van der Waals surface area contributed by atoms with E-state index < -0.39 is 5.91 Å². The fraction of sp³-hybridized carbons (Fsp3) is 0.118. The number of rotatable bonds is 4. The molecule has 0 unspecified atom stereocenters. The highest BCUT2D eigenvalue weighted by molar-refractivity contribution is 6.31. The van der Waals surface area contributed by atoms with Crippen molar-refractivity contribution in [1.29, 1.82) is 0 Å². The minimum atomic E-state index is -0.448. The summed E-state index contributed by atoms with van der Waals surface area (Å²) in [6.45, 7) is 0.449. The molecule has 0 aliphatic carbocycles. The molecule has 2 aromatic carbocycles. The third kappa shape index (κ3) is 3.14. The van der Waals surface area contributed by atoms with Crippen LogP contribution in [0.2, 0.25) is 5.02 Å². The Morgan fingerprint density at radius 3 is 2.88 bits per heavy atom. The Balaban J connectivity index is 1.47. The molecular formula is C17H12ClN3O4. The van der Waals surface area contributed by atoms with E-state index in [9.17, 15) is 4.79 Å². The van der Waals surface area contributed by atoms with Gasteiger partial charge in [0.2, 0.25) is 6.79 Å². The molecule has 0 saturated heterocycles. The molecule has 1 N–H and O–H groups in total. The lowest BCUT2D eigenvalue weighted by Crippen LogP contribution is -2.24. The Bertz CT molecular complexity index is 941. The molecule has 25 heavy (non-hydrogen) atoms. The van der Waals surface area contributed by atoms with Crippen molar-refractivity contribution in [3.63, 3.8) is 0 Å². The van der Waals surface area contributed by atoms with E-state index in [1.165, 1.54) is 0 Å². The highest BCUT2D eigenvalue weighted by atomic mass is 35.5. The van der Waals surface area contributed by atoms with Crippen molar-refractivity contribution in [2.45, 2.75) is 6.54 Å². The van der Waals surface area contributed by atoms with Crippen molar-refractivity contribution in [2.75, 3.05) is 6.79 Å². The first-order valence-electron chi connectivity index (χ1n) is 7.46. The lowest BCUT2D eigenvalue weighted by molar-refractivity contribution is 0.0937. The first-order valence-corrected chi connectivity index (χ1v) is 7.84. The number of amides is 1. The molecule has 1 amide bonds. The topological polar surface area (TPSA) is 86.5 Å². The SMILES string of the molecule is O=C(NCc1ccccc1Cl)c1noc(-c2ccc3c(c2)OCO3)n1. The van der Waals surface area contributed by atoms with Gasteiger partial charge in [0, 0.05) is 17.1 Å². The van der Waals surface area contributed by atoms with Gasteiger partial charge in [-0.1, -0.05) is 35.0 Å². The number of hydrogen-bond donors (Lipinski definition) is 1. The molecule has 2 heterocycles. The maximum Gasteiger partial charge on any atom is 0.292 e. The molecular weight excluding hydrogens is 346 g/mol. The van der Waals surface area contributed by atoms with Crippen LogP contribution in [0.3, 0.4) is 0 Å². The van der Waals surface area contributed by atoms with Crippen LogP contribution in [0.4, 0.5) is 0 Å². The van der Waals surface area contributed by atoms with Gasteiger partial charge in [0.05, 0.1) is 0 Å². The maximum atomic E-state index is 12.2. The average Bonchev–Trinajstić information content (AvgIpc) is 3.29. The molecule has 1 aromatic heterocycles. The molecule has 7 nitrogen and oxygen atoms in total. The van der Waals surface area contributed by atoms with Gasteiger partial charge in [-0.15, -0.1) is 0 Å². The van der Waals surface area contributed by atoms with Gasteiger partial charge in [-0.3, -0.25) is 4.79 Å². The zero-order chi connectivity index (χ0) is 17.2. The van der Waals surface area contributed by atoms with Gasteiger partial charge in [-0.2, -0.15) is 4.98 Å². The zero-order valence-electron chi connectivity index (χ0n) is 12.9. The third-order valence-corrected chi connectivity index (χ3v) is 4.01. The standard InChI is InChI=1S/C17H12ClN3O4/c18-12-4-2-1-3-11(12)8-19-16(22)15-20-17(25-21-15)10-5-6-13-14(7-10)24-9-23-13/h1-7H,8-9H2,(H,19,22). The molecule has 1 aliphatic rings. The van der Waals surface area contributed by atoms with E-state index in [4.69, 9.17) is 25.6 Å². The number of halogens is 1. The van der Waals surface area contributed by atoms with Gasteiger partial charge >= 0.3 is 0 Å². The summed E-state index contributed by atoms with van der Waals surface area (Å²) in [6, 6.07) is 12.5. The first-order chi connectivity index (χ1) is 12.2. The van der Waals surface area contributed by atoms with Crippen LogP contribution in [0.1, 0.15) is 16.2 Å². The van der Waals surface area contributed by atoms with Crippen LogP contribution in [0.15, 0.2) is 47.0 Å². The van der Waals surface area contributed by atoms with Crippen LogP contribution in [0.5, 0.6) is 11.5 Å². The Morgan fingerprint density at radius 2 is 2.00 bits per heavy atom. The predicted octanol–water partition coefficient (Wildman–Crippen LogP) is 3.05. The summed E-state index contributed by atoms with van der Waals surface area (Å²) >= 11 is 6.06. The van der Waals surface area contributed by atoms with Crippen molar-refractivity contribution in [3.05, 3.63) is 58.9 Å². The second-order valence-electron chi connectivity index (χ2n) is 5.27. The molecule has 4 rings (SSSR count). The quantitative estimate of drug-likeness (QED) is 0.772. The van der Waals surface area contributed by atoms with Gasteiger partial charge in [-0.25, -0.2) is 0 Å². The Kier molecular flexibility index (Phi) is 3.99. The maximum absolute atomic E-state index is 12.2. The largest absolute Gasteiger partial charge is 0.454 e. The highest BCUT2D eigenvalue weighted by Gasteiger charge is 2.19. The minimum absolute atomic E-state index is 0.0558. The second-order valence-corrected chi connectivity index (χ2v) is 5.67. The van der Waals surface area contributed by atoms with Gasteiger partial charge in [0.15, 0.2) is 11.5 Å². The van der Waals surface area contributed by atoms with Crippen LogP contribution in [0, 0.1) is 0 Å². The lowest BCUT2D eigenvalue weighted by Gasteiger charge is -2.04. The molecule has 0 saturated carbocycles. The fourth-order valence-corrected chi connectivity index (χ4v) is 2.56. The van der Waals surface area contributed by atoms with Crippen molar-refractivity contribution in [2.24, 2.45) is 0 Å². The van der Waals surface area contributed by atoms with Crippen LogP contribution in [-0.2, 0) is 6.54 Å². The van der Waals surface area contributed by atoms with Crippen LogP contribution < -0.4 is 14.8 Å². The molecule has 0 radical (unpaired) electrons. The average molecular weight is 358 g/mol. The predicted molar refractivity (Wildman–Crippen MR) is 88.5 cm³/mol. The molecule has 0 bridgehead atoms. The number of carbonyl (C=O) groups is 1. The van der Waals surface area contributed by atoms with Crippen LogP contribution in [-0.4, -0.2) is 22.8 Å². The smallest absolute Gasteiger partial charge is 0.292 e. The number of nitrogens with one attached hydrogen (secondary N) is 1. The Labute approximate surface area is 147 Å². The third-order valence-electron chi connectivity index (χ3n) is 3.65. The van der Waals surface area contributed by atoms with Crippen molar-refractivity contribution in [3.8, 4) is 23.0 Å². The normalized spacial score (nSPS) is 12.2. The number of fused-ring (bicyclic) bond motifs is 1. The first kappa shape index (κ1) is 15.5. The molecule has 126 valence electrons. The number of nitrogens with zero attached hydrogens (tertiary/aromatic N) is 2. The van der Waals surface area contributed by atoms with Gasteiger partial charge in [0.1, 0.15) is 0 Å². The molecule has 0 spiro atoms. The van der Waals surface area contributed by atoms with Gasteiger partial charge in [0.25, 0.3) is 17.6 Å². The monoisotopic (exact) mass is 357 g/mol. The minimum Gasteiger partial charge on any atom is -0.454 e. The number of hydrogen-bond acceptors (Lipinski definition) is 6. The summed E-state index contributed by atoms with van der Waals surface area (Å²) in [5.74, 6) is 0.970. The zero-order valence-corrected chi connectivity index (χ0v) is 13.6. The Hall–Kier alpha value is -3.06. The Morgan fingerprint density at radius 1 is 1.16 bits per heavy atom. The summed E-state index contributed by atoms with van der Waals surface area (Å²) in [5, 5.41) is 7.01. The van der Waals surface area contributed by atoms with E-state index in [0.29, 0.717) is 22.1 Å².